The van der Waals surface area contributed by atoms with Crippen LogP contribution in [0.2, 0.25) is 0 Å². The summed E-state index contributed by atoms with van der Waals surface area (Å²) in [5, 5.41) is 9.63. The number of carbonyl (C=O) groups is 1. The van der Waals surface area contributed by atoms with Crippen molar-refractivity contribution in [1.82, 2.24) is 16.0 Å². The van der Waals surface area contributed by atoms with Crippen molar-refractivity contribution in [1.29, 1.82) is 0 Å². The molecule has 0 unspecified atom stereocenters. The number of carbonyl (C=O) groups excluding carboxylic acids is 1. The molecular formula is C21H35IN4O2. The van der Waals surface area contributed by atoms with Crippen LogP contribution in [0, 0.1) is 5.41 Å². The van der Waals surface area contributed by atoms with E-state index in [4.69, 9.17) is 4.74 Å². The van der Waals surface area contributed by atoms with Gasteiger partial charge in [-0.1, -0.05) is 43.2 Å². The summed E-state index contributed by atoms with van der Waals surface area (Å²) in [7, 11) is 3.53. The van der Waals surface area contributed by atoms with Gasteiger partial charge in [-0.2, -0.15) is 0 Å². The molecule has 0 aliphatic heterocycles. The van der Waals surface area contributed by atoms with Gasteiger partial charge in [-0.25, -0.2) is 0 Å². The average molecular weight is 502 g/mol. The normalized spacial score (nSPS) is 15.6. The van der Waals surface area contributed by atoms with Crippen LogP contribution in [0.4, 0.5) is 0 Å². The van der Waals surface area contributed by atoms with Crippen LogP contribution in [0.15, 0.2) is 35.3 Å². The zero-order valence-corrected chi connectivity index (χ0v) is 19.5. The van der Waals surface area contributed by atoms with E-state index in [0.29, 0.717) is 24.9 Å². The van der Waals surface area contributed by atoms with Gasteiger partial charge in [0.25, 0.3) is 0 Å². The first-order valence-electron chi connectivity index (χ1n) is 9.91. The smallest absolute Gasteiger partial charge is 0.222 e. The summed E-state index contributed by atoms with van der Waals surface area (Å²) in [6, 6.07) is 9.93. The van der Waals surface area contributed by atoms with E-state index < -0.39 is 0 Å². The van der Waals surface area contributed by atoms with Crippen LogP contribution in [0.5, 0.6) is 0 Å². The van der Waals surface area contributed by atoms with Crippen molar-refractivity contribution >= 4 is 35.8 Å². The van der Waals surface area contributed by atoms with Crippen LogP contribution in [-0.2, 0) is 16.1 Å². The molecule has 0 bridgehead atoms. The molecule has 1 aliphatic rings. The van der Waals surface area contributed by atoms with Crippen molar-refractivity contribution in [3.8, 4) is 0 Å². The molecule has 1 saturated carbocycles. The SMILES string of the molecule is CN=C(NCCC(=O)NCc1ccccc1)NCC1(CCOC)CCCC1.I. The lowest BCUT2D eigenvalue weighted by atomic mass is 9.83. The molecule has 1 aromatic rings. The summed E-state index contributed by atoms with van der Waals surface area (Å²) in [5.41, 5.74) is 1.41. The van der Waals surface area contributed by atoms with Gasteiger partial charge in [0.15, 0.2) is 5.96 Å². The molecule has 1 fully saturated rings. The summed E-state index contributed by atoms with van der Waals surface area (Å²) >= 11 is 0. The molecule has 3 N–H and O–H groups in total. The Bertz CT molecular complexity index is 589. The molecule has 0 spiro atoms. The Hall–Kier alpha value is -1.35. The van der Waals surface area contributed by atoms with E-state index >= 15 is 0 Å². The second-order valence-corrected chi connectivity index (χ2v) is 7.31. The number of hydrogen-bond acceptors (Lipinski definition) is 3. The number of guanidine groups is 1. The largest absolute Gasteiger partial charge is 0.385 e. The Kier molecular flexibility index (Phi) is 12.1. The standard InChI is InChI=1S/C21H34N4O2.HI/c1-22-20(25-17-21(13-15-27-2)11-6-7-12-21)23-14-10-19(26)24-16-18-8-4-3-5-9-18;/h3-5,8-9H,6-7,10-17H2,1-2H3,(H,24,26)(H2,22,23,25);1H. The molecule has 28 heavy (non-hydrogen) atoms. The monoisotopic (exact) mass is 502 g/mol. The highest BCUT2D eigenvalue weighted by molar-refractivity contribution is 14.0. The van der Waals surface area contributed by atoms with Crippen LogP contribution >= 0.6 is 24.0 Å². The second-order valence-electron chi connectivity index (χ2n) is 7.31. The highest BCUT2D eigenvalue weighted by Gasteiger charge is 2.33. The molecule has 158 valence electrons. The molecule has 7 heteroatoms. The third-order valence-corrected chi connectivity index (χ3v) is 5.33. The first-order chi connectivity index (χ1) is 13.2. The molecular weight excluding hydrogens is 467 g/mol. The Balaban J connectivity index is 0.00000392. The molecule has 1 amide bonds. The third-order valence-electron chi connectivity index (χ3n) is 5.33. The Morgan fingerprint density at radius 2 is 1.86 bits per heavy atom. The van der Waals surface area contributed by atoms with Crippen LogP contribution in [0.3, 0.4) is 0 Å². The van der Waals surface area contributed by atoms with Crippen molar-refractivity contribution < 1.29 is 9.53 Å². The Morgan fingerprint density at radius 3 is 2.50 bits per heavy atom. The highest BCUT2D eigenvalue weighted by Crippen LogP contribution is 2.40. The van der Waals surface area contributed by atoms with Crippen LogP contribution in [0.1, 0.15) is 44.1 Å². The fraction of sp³-hybridized carbons (Fsp3) is 0.619. The molecule has 6 nitrogen and oxygen atoms in total. The maximum atomic E-state index is 12.0. The van der Waals surface area contributed by atoms with E-state index in [2.05, 4.69) is 20.9 Å². The first kappa shape index (κ1) is 24.7. The van der Waals surface area contributed by atoms with E-state index in [1.807, 2.05) is 30.3 Å². The molecule has 0 radical (unpaired) electrons. The first-order valence-corrected chi connectivity index (χ1v) is 9.91. The van der Waals surface area contributed by atoms with Crippen LogP contribution < -0.4 is 16.0 Å². The van der Waals surface area contributed by atoms with Gasteiger partial charge >= 0.3 is 0 Å². The van der Waals surface area contributed by atoms with E-state index in [1.54, 1.807) is 14.2 Å². The van der Waals surface area contributed by atoms with Gasteiger partial charge in [-0.3, -0.25) is 9.79 Å². The lowest BCUT2D eigenvalue weighted by Crippen LogP contribution is -2.44. The van der Waals surface area contributed by atoms with Crippen molar-refractivity contribution in [3.05, 3.63) is 35.9 Å². The lowest BCUT2D eigenvalue weighted by Gasteiger charge is -2.29. The lowest BCUT2D eigenvalue weighted by molar-refractivity contribution is -0.121. The van der Waals surface area contributed by atoms with Crippen LogP contribution in [-0.4, -0.2) is 45.7 Å². The number of halogens is 1. The van der Waals surface area contributed by atoms with Crippen molar-refractivity contribution in [2.45, 2.75) is 45.1 Å². The molecule has 0 heterocycles. The van der Waals surface area contributed by atoms with Gasteiger partial charge in [-0.05, 0) is 30.2 Å². The van der Waals surface area contributed by atoms with Crippen molar-refractivity contribution in [3.63, 3.8) is 0 Å². The average Bonchev–Trinajstić information content (AvgIpc) is 3.17. The zero-order valence-electron chi connectivity index (χ0n) is 17.1. The number of amides is 1. The Labute approximate surface area is 186 Å². The molecule has 0 atom stereocenters. The predicted molar refractivity (Wildman–Crippen MR) is 125 cm³/mol. The van der Waals surface area contributed by atoms with Crippen molar-refractivity contribution in [2.24, 2.45) is 10.4 Å². The minimum atomic E-state index is 0. The minimum absolute atomic E-state index is 0. The fourth-order valence-corrected chi connectivity index (χ4v) is 3.63. The van der Waals surface area contributed by atoms with E-state index in [-0.39, 0.29) is 29.9 Å². The van der Waals surface area contributed by atoms with E-state index in [0.717, 1.165) is 31.1 Å². The van der Waals surface area contributed by atoms with Gasteiger partial charge < -0.3 is 20.7 Å². The number of nitrogens with one attached hydrogen (secondary N) is 3. The summed E-state index contributed by atoms with van der Waals surface area (Å²) < 4.78 is 5.29. The number of benzene rings is 1. The van der Waals surface area contributed by atoms with Gasteiger partial charge in [0.2, 0.25) is 5.91 Å². The number of nitrogens with zero attached hydrogens (tertiary/aromatic N) is 1. The highest BCUT2D eigenvalue weighted by atomic mass is 127. The summed E-state index contributed by atoms with van der Waals surface area (Å²) in [6.45, 7) is 2.82. The third kappa shape index (κ3) is 8.77. The van der Waals surface area contributed by atoms with Crippen molar-refractivity contribution in [2.75, 3.05) is 33.9 Å². The van der Waals surface area contributed by atoms with Gasteiger partial charge in [-0.15, -0.1) is 24.0 Å². The number of ether oxygens (including phenoxy) is 1. The molecule has 1 aliphatic carbocycles. The van der Waals surface area contributed by atoms with Gasteiger partial charge in [0.05, 0.1) is 0 Å². The maximum Gasteiger partial charge on any atom is 0.222 e. The predicted octanol–water partition coefficient (Wildman–Crippen LogP) is 3.07. The van der Waals surface area contributed by atoms with E-state index in [9.17, 15) is 4.79 Å². The zero-order chi connectivity index (χ0) is 19.4. The topological polar surface area (TPSA) is 74.8 Å². The minimum Gasteiger partial charge on any atom is -0.385 e. The maximum absolute atomic E-state index is 12.0. The molecule has 2 rings (SSSR count). The number of aliphatic imine (C=N–C) groups is 1. The summed E-state index contributed by atoms with van der Waals surface area (Å²) in [4.78, 5) is 16.3. The number of methoxy groups -OCH3 is 1. The summed E-state index contributed by atoms with van der Waals surface area (Å²) in [5.74, 6) is 0.795. The quantitative estimate of drug-likeness (QED) is 0.261. The Morgan fingerprint density at radius 1 is 1.14 bits per heavy atom. The van der Waals surface area contributed by atoms with Gasteiger partial charge in [0.1, 0.15) is 0 Å². The molecule has 0 saturated heterocycles. The van der Waals surface area contributed by atoms with Gasteiger partial charge in [0, 0.05) is 46.8 Å². The molecule has 0 aromatic heterocycles. The summed E-state index contributed by atoms with van der Waals surface area (Å²) in [6.07, 6.45) is 6.56. The second kappa shape index (κ2) is 13.8. The van der Waals surface area contributed by atoms with E-state index in [1.165, 1.54) is 25.7 Å². The molecule has 1 aromatic carbocycles. The fourth-order valence-electron chi connectivity index (χ4n) is 3.63. The number of hydrogen-bond donors (Lipinski definition) is 3. The van der Waals surface area contributed by atoms with Crippen LogP contribution in [0.25, 0.3) is 0 Å². The number of rotatable bonds is 10.